The average Bonchev–Trinajstić information content (AvgIpc) is 3.08. The van der Waals surface area contributed by atoms with Crippen molar-refractivity contribution in [3.05, 3.63) is 29.8 Å². The number of nitrogen functional groups attached to an aromatic ring is 1. The lowest BCUT2D eigenvalue weighted by Crippen LogP contribution is -2.53. The number of halogens is 3. The van der Waals surface area contributed by atoms with Gasteiger partial charge in [0, 0.05) is 31.4 Å². The predicted octanol–water partition coefficient (Wildman–Crippen LogP) is 1.79. The molecule has 0 unspecified atom stereocenters. The standard InChI is InChI=1S/C16H20F3N5O3S2/c1-10-9-23(29(26,27)14-22-21-13(20)28-14)7-8-24(10)12-5-3-11(4-6-12)15(2,25)16(17,18)19/h3-6,10,25H,7-9H2,1-2H3,(H2,20,21)/t10-,15+/m0/s1. The van der Waals surface area contributed by atoms with Crippen LogP contribution in [0.4, 0.5) is 24.0 Å². The van der Waals surface area contributed by atoms with Crippen molar-refractivity contribution in [1.29, 1.82) is 0 Å². The van der Waals surface area contributed by atoms with Crippen molar-refractivity contribution >= 4 is 32.2 Å². The number of aromatic nitrogens is 2. The van der Waals surface area contributed by atoms with Gasteiger partial charge in [-0.2, -0.15) is 17.5 Å². The number of benzene rings is 1. The smallest absolute Gasteiger partial charge is 0.376 e. The molecule has 2 aromatic rings. The number of piperazine rings is 1. The number of sulfonamides is 1. The molecular formula is C16H20F3N5O3S2. The molecule has 0 radical (unpaired) electrons. The monoisotopic (exact) mass is 451 g/mol. The Morgan fingerprint density at radius 3 is 2.31 bits per heavy atom. The zero-order valence-electron chi connectivity index (χ0n) is 15.6. The fraction of sp³-hybridized carbons (Fsp3) is 0.500. The van der Waals surface area contributed by atoms with Gasteiger partial charge in [0.05, 0.1) is 0 Å². The summed E-state index contributed by atoms with van der Waals surface area (Å²) in [5.74, 6) is 0. The van der Waals surface area contributed by atoms with E-state index in [-0.39, 0.29) is 34.2 Å². The lowest BCUT2D eigenvalue weighted by Gasteiger charge is -2.40. The van der Waals surface area contributed by atoms with Crippen LogP contribution in [0.15, 0.2) is 28.6 Å². The number of alkyl halides is 3. The quantitative estimate of drug-likeness (QED) is 0.729. The highest BCUT2D eigenvalue weighted by molar-refractivity contribution is 7.91. The average molecular weight is 451 g/mol. The number of rotatable bonds is 4. The number of hydrogen-bond acceptors (Lipinski definition) is 8. The Bertz CT molecular complexity index is 976. The first-order valence-corrected chi connectivity index (χ1v) is 10.8. The molecule has 1 saturated heterocycles. The second-order valence-electron chi connectivity index (χ2n) is 6.93. The second kappa shape index (κ2) is 7.38. The molecule has 1 aromatic carbocycles. The molecule has 1 aliphatic rings. The first-order valence-electron chi connectivity index (χ1n) is 8.59. The normalized spacial score (nSPS) is 21.2. The highest BCUT2D eigenvalue weighted by atomic mass is 32.2. The number of nitrogens with zero attached hydrogens (tertiary/aromatic N) is 4. The van der Waals surface area contributed by atoms with E-state index < -0.39 is 21.8 Å². The molecule has 0 amide bonds. The van der Waals surface area contributed by atoms with Gasteiger partial charge in [-0.3, -0.25) is 0 Å². The molecule has 2 atom stereocenters. The maximum atomic E-state index is 13.0. The third-order valence-electron chi connectivity index (χ3n) is 4.89. The van der Waals surface area contributed by atoms with E-state index in [0.29, 0.717) is 19.2 Å². The Morgan fingerprint density at radius 1 is 1.21 bits per heavy atom. The van der Waals surface area contributed by atoms with Gasteiger partial charge in [0.15, 0.2) is 5.60 Å². The van der Waals surface area contributed by atoms with Gasteiger partial charge in [-0.05, 0) is 31.5 Å². The molecule has 0 bridgehead atoms. The third-order valence-corrected chi connectivity index (χ3v) is 7.85. The van der Waals surface area contributed by atoms with Crippen LogP contribution in [0, 0.1) is 0 Å². The van der Waals surface area contributed by atoms with Crippen LogP contribution in [0.1, 0.15) is 19.4 Å². The fourth-order valence-electron chi connectivity index (χ4n) is 3.10. The van der Waals surface area contributed by atoms with Crippen LogP contribution in [-0.4, -0.2) is 59.9 Å². The molecule has 8 nitrogen and oxygen atoms in total. The molecule has 3 N–H and O–H groups in total. The summed E-state index contributed by atoms with van der Waals surface area (Å²) in [7, 11) is -3.81. The molecule has 160 valence electrons. The van der Waals surface area contributed by atoms with E-state index in [1.54, 1.807) is 0 Å². The number of aliphatic hydroxyl groups is 1. The van der Waals surface area contributed by atoms with Gasteiger partial charge >= 0.3 is 6.18 Å². The Balaban J connectivity index is 1.75. The van der Waals surface area contributed by atoms with Crippen molar-refractivity contribution in [2.45, 2.75) is 36.0 Å². The van der Waals surface area contributed by atoms with Crippen LogP contribution >= 0.6 is 11.3 Å². The van der Waals surface area contributed by atoms with E-state index in [1.807, 2.05) is 11.8 Å². The molecule has 1 aromatic heterocycles. The fourth-order valence-corrected chi connectivity index (χ4v) is 5.54. The van der Waals surface area contributed by atoms with Gasteiger partial charge < -0.3 is 15.7 Å². The van der Waals surface area contributed by atoms with Crippen molar-refractivity contribution < 1.29 is 26.7 Å². The molecule has 3 rings (SSSR count). The SMILES string of the molecule is C[C@H]1CN(S(=O)(=O)c2nnc(N)s2)CCN1c1ccc([C@@](C)(O)C(F)(F)F)cc1. The molecule has 0 aliphatic carbocycles. The molecule has 2 heterocycles. The summed E-state index contributed by atoms with van der Waals surface area (Å²) in [5.41, 5.74) is 2.88. The first-order chi connectivity index (χ1) is 13.3. The van der Waals surface area contributed by atoms with Gasteiger partial charge in [0.1, 0.15) is 0 Å². The largest absolute Gasteiger partial charge is 0.421 e. The molecule has 1 fully saturated rings. The maximum absolute atomic E-state index is 13.0. The van der Waals surface area contributed by atoms with E-state index in [1.165, 1.54) is 28.6 Å². The molecule has 0 spiro atoms. The second-order valence-corrected chi connectivity index (χ2v) is 10.0. The lowest BCUT2D eigenvalue weighted by atomic mass is 9.95. The van der Waals surface area contributed by atoms with E-state index >= 15 is 0 Å². The van der Waals surface area contributed by atoms with Crippen molar-refractivity contribution in [2.24, 2.45) is 0 Å². The summed E-state index contributed by atoms with van der Waals surface area (Å²) in [6.45, 7) is 3.20. The van der Waals surface area contributed by atoms with Gasteiger partial charge in [-0.1, -0.05) is 23.5 Å². The van der Waals surface area contributed by atoms with Crippen molar-refractivity contribution in [3.8, 4) is 0 Å². The summed E-state index contributed by atoms with van der Waals surface area (Å²) in [5, 5.41) is 17.0. The molecular weight excluding hydrogens is 431 g/mol. The van der Waals surface area contributed by atoms with Crippen LogP contribution in [0.3, 0.4) is 0 Å². The van der Waals surface area contributed by atoms with Crippen LogP contribution in [0.2, 0.25) is 0 Å². The molecule has 29 heavy (non-hydrogen) atoms. The van der Waals surface area contributed by atoms with E-state index in [4.69, 9.17) is 5.73 Å². The minimum atomic E-state index is -4.80. The number of nitrogens with two attached hydrogens (primary N) is 1. The minimum absolute atomic E-state index is 0.0603. The summed E-state index contributed by atoms with van der Waals surface area (Å²) >= 11 is 0.789. The highest BCUT2D eigenvalue weighted by Gasteiger charge is 2.51. The van der Waals surface area contributed by atoms with Crippen LogP contribution in [0.5, 0.6) is 0 Å². The summed E-state index contributed by atoms with van der Waals surface area (Å²) in [4.78, 5) is 1.90. The summed E-state index contributed by atoms with van der Waals surface area (Å²) in [6, 6.07) is 5.19. The molecule has 0 saturated carbocycles. The molecule has 1 aliphatic heterocycles. The van der Waals surface area contributed by atoms with Crippen molar-refractivity contribution in [3.63, 3.8) is 0 Å². The van der Waals surface area contributed by atoms with E-state index in [0.717, 1.165) is 11.3 Å². The topological polar surface area (TPSA) is 113 Å². The molecule has 13 heteroatoms. The van der Waals surface area contributed by atoms with Gasteiger partial charge in [0.2, 0.25) is 9.47 Å². The van der Waals surface area contributed by atoms with Gasteiger partial charge in [-0.25, -0.2) is 8.42 Å². The first kappa shape index (κ1) is 21.7. The lowest BCUT2D eigenvalue weighted by molar-refractivity contribution is -0.258. The van der Waals surface area contributed by atoms with Gasteiger partial charge in [-0.15, -0.1) is 10.2 Å². The number of anilines is 2. The Kier molecular flexibility index (Phi) is 5.53. The van der Waals surface area contributed by atoms with Crippen LogP contribution in [0.25, 0.3) is 0 Å². The minimum Gasteiger partial charge on any atom is -0.376 e. The maximum Gasteiger partial charge on any atom is 0.421 e. The highest BCUT2D eigenvalue weighted by Crippen LogP contribution is 2.39. The predicted molar refractivity (Wildman–Crippen MR) is 102 cm³/mol. The third kappa shape index (κ3) is 4.04. The van der Waals surface area contributed by atoms with Crippen LogP contribution < -0.4 is 10.6 Å². The number of hydrogen-bond donors (Lipinski definition) is 2. The zero-order chi connectivity index (χ0) is 21.6. The Morgan fingerprint density at radius 2 is 1.83 bits per heavy atom. The van der Waals surface area contributed by atoms with Gasteiger partial charge in [0.25, 0.3) is 10.0 Å². The van der Waals surface area contributed by atoms with Crippen LogP contribution in [-0.2, 0) is 15.6 Å². The zero-order valence-corrected chi connectivity index (χ0v) is 17.2. The van der Waals surface area contributed by atoms with Crippen molar-refractivity contribution in [2.75, 3.05) is 30.3 Å². The summed E-state index contributed by atoms with van der Waals surface area (Å²) in [6.07, 6.45) is -4.80. The van der Waals surface area contributed by atoms with E-state index in [2.05, 4.69) is 10.2 Å². The van der Waals surface area contributed by atoms with E-state index in [9.17, 15) is 26.7 Å². The Hall–Kier alpha value is -1.96. The summed E-state index contributed by atoms with van der Waals surface area (Å²) < 4.78 is 65.4. The Labute approximate surface area is 169 Å². The van der Waals surface area contributed by atoms with Crippen molar-refractivity contribution in [1.82, 2.24) is 14.5 Å².